The van der Waals surface area contributed by atoms with Crippen molar-refractivity contribution in [1.29, 1.82) is 0 Å². The van der Waals surface area contributed by atoms with Crippen molar-refractivity contribution in [3.8, 4) is 0 Å². The van der Waals surface area contributed by atoms with Crippen LogP contribution in [0.15, 0.2) is 24.3 Å². The molecule has 0 aliphatic carbocycles. The summed E-state index contributed by atoms with van der Waals surface area (Å²) >= 11 is 0. The molecule has 2 rings (SSSR count). The average Bonchev–Trinajstić information content (AvgIpc) is 2.23. The molecule has 74 valence electrons. The van der Waals surface area contributed by atoms with Gasteiger partial charge in [-0.25, -0.2) is 4.39 Å². The molecule has 0 bridgehead atoms. The van der Waals surface area contributed by atoms with Crippen molar-refractivity contribution in [2.24, 2.45) is 0 Å². The van der Waals surface area contributed by atoms with Gasteiger partial charge in [0.05, 0.1) is 0 Å². The summed E-state index contributed by atoms with van der Waals surface area (Å²) in [6.07, 6.45) is 3.13. The zero-order valence-electron chi connectivity index (χ0n) is 8.31. The summed E-state index contributed by atoms with van der Waals surface area (Å²) in [6, 6.07) is 5.29. The van der Waals surface area contributed by atoms with Gasteiger partial charge in [-0.15, -0.1) is 0 Å². The minimum Gasteiger partial charge on any atom is -0.313 e. The Morgan fingerprint density at radius 1 is 1.36 bits per heavy atom. The highest BCUT2D eigenvalue weighted by atomic mass is 19.1. The fourth-order valence-electron chi connectivity index (χ4n) is 1.82. The van der Waals surface area contributed by atoms with Gasteiger partial charge < -0.3 is 5.32 Å². The molecule has 1 aromatic rings. The van der Waals surface area contributed by atoms with Crippen molar-refractivity contribution in [2.45, 2.75) is 13.3 Å². The van der Waals surface area contributed by atoms with Crippen LogP contribution in [0.3, 0.4) is 0 Å². The monoisotopic (exact) mass is 191 g/mol. The third-order valence-electron chi connectivity index (χ3n) is 2.68. The third-order valence-corrected chi connectivity index (χ3v) is 2.68. The van der Waals surface area contributed by atoms with Crippen LogP contribution >= 0.6 is 0 Å². The van der Waals surface area contributed by atoms with Crippen LogP contribution in [-0.2, 0) is 0 Å². The van der Waals surface area contributed by atoms with E-state index in [1.165, 1.54) is 11.6 Å². The van der Waals surface area contributed by atoms with Gasteiger partial charge in [-0.1, -0.05) is 18.2 Å². The molecule has 0 spiro atoms. The van der Waals surface area contributed by atoms with E-state index in [1.807, 2.05) is 13.0 Å². The first kappa shape index (κ1) is 9.41. The number of benzene rings is 1. The van der Waals surface area contributed by atoms with E-state index < -0.39 is 0 Å². The smallest absolute Gasteiger partial charge is 0.126 e. The predicted molar refractivity (Wildman–Crippen MR) is 56.6 cm³/mol. The van der Waals surface area contributed by atoms with Crippen LogP contribution in [0, 0.1) is 12.7 Å². The molecule has 0 amide bonds. The maximum atomic E-state index is 13.3. The highest BCUT2D eigenvalue weighted by molar-refractivity contribution is 5.69. The molecule has 0 radical (unpaired) electrons. The zero-order valence-corrected chi connectivity index (χ0v) is 8.31. The topological polar surface area (TPSA) is 12.0 Å². The number of halogens is 1. The van der Waals surface area contributed by atoms with Gasteiger partial charge in [-0.3, -0.25) is 0 Å². The first-order valence-corrected chi connectivity index (χ1v) is 4.94. The number of rotatable bonds is 1. The van der Waals surface area contributed by atoms with E-state index >= 15 is 0 Å². The Labute approximate surface area is 83.6 Å². The Morgan fingerprint density at radius 2 is 2.21 bits per heavy atom. The molecule has 0 saturated heterocycles. The number of hydrogen-bond donors (Lipinski definition) is 1. The normalized spacial score (nSPS) is 16.6. The van der Waals surface area contributed by atoms with Crippen LogP contribution in [0.25, 0.3) is 5.57 Å². The van der Waals surface area contributed by atoms with Gasteiger partial charge in [0.15, 0.2) is 0 Å². The molecule has 1 nitrogen and oxygen atoms in total. The summed E-state index contributed by atoms with van der Waals surface area (Å²) in [5, 5.41) is 3.25. The summed E-state index contributed by atoms with van der Waals surface area (Å²) < 4.78 is 13.3. The highest BCUT2D eigenvalue weighted by Gasteiger charge is 2.09. The average molecular weight is 191 g/mol. The van der Waals surface area contributed by atoms with Crippen LogP contribution in [0.4, 0.5) is 4.39 Å². The van der Waals surface area contributed by atoms with Gasteiger partial charge in [0.1, 0.15) is 5.82 Å². The number of nitrogens with one attached hydrogen (secondary N) is 1. The lowest BCUT2D eigenvalue weighted by Gasteiger charge is -2.16. The van der Waals surface area contributed by atoms with Crippen LogP contribution in [-0.4, -0.2) is 13.1 Å². The summed E-state index contributed by atoms with van der Waals surface area (Å²) in [7, 11) is 0. The number of hydrogen-bond acceptors (Lipinski definition) is 1. The van der Waals surface area contributed by atoms with Gasteiger partial charge >= 0.3 is 0 Å². The lowest BCUT2D eigenvalue weighted by atomic mass is 9.96. The Hall–Kier alpha value is -1.15. The van der Waals surface area contributed by atoms with Gasteiger partial charge in [-0.05, 0) is 42.7 Å². The molecule has 1 N–H and O–H groups in total. The molecular weight excluding hydrogens is 177 g/mol. The molecule has 1 aliphatic rings. The van der Waals surface area contributed by atoms with E-state index in [2.05, 4.69) is 11.4 Å². The first-order valence-electron chi connectivity index (χ1n) is 4.94. The van der Waals surface area contributed by atoms with Crippen LogP contribution in [0.1, 0.15) is 17.5 Å². The standard InChI is InChI=1S/C12H14FN/c1-9-11(3-2-4-12(9)13)10-5-7-14-8-6-10/h2-5,14H,6-8H2,1H3. The fraction of sp³-hybridized carbons (Fsp3) is 0.333. The van der Waals surface area contributed by atoms with Gasteiger partial charge in [0.25, 0.3) is 0 Å². The van der Waals surface area contributed by atoms with Crippen LogP contribution in [0.2, 0.25) is 0 Å². The molecule has 1 aliphatic heterocycles. The summed E-state index contributed by atoms with van der Waals surface area (Å²) in [4.78, 5) is 0. The molecule has 1 aromatic carbocycles. The summed E-state index contributed by atoms with van der Waals surface area (Å²) in [5.74, 6) is -0.109. The van der Waals surface area contributed by atoms with Gasteiger partial charge in [0, 0.05) is 6.54 Å². The molecule has 0 atom stereocenters. The Morgan fingerprint density at radius 3 is 2.93 bits per heavy atom. The van der Waals surface area contributed by atoms with E-state index in [0.29, 0.717) is 0 Å². The molecule has 2 heteroatoms. The highest BCUT2D eigenvalue weighted by Crippen LogP contribution is 2.24. The minimum atomic E-state index is -0.109. The summed E-state index contributed by atoms with van der Waals surface area (Å²) in [5.41, 5.74) is 3.09. The minimum absolute atomic E-state index is 0.109. The molecule has 0 aromatic heterocycles. The zero-order chi connectivity index (χ0) is 9.97. The first-order chi connectivity index (χ1) is 6.79. The lowest BCUT2D eigenvalue weighted by molar-refractivity contribution is 0.617. The second-order valence-electron chi connectivity index (χ2n) is 3.60. The van der Waals surface area contributed by atoms with Crippen molar-refractivity contribution in [3.63, 3.8) is 0 Å². The quantitative estimate of drug-likeness (QED) is 0.719. The molecule has 14 heavy (non-hydrogen) atoms. The van der Waals surface area contributed by atoms with Crippen molar-refractivity contribution in [2.75, 3.05) is 13.1 Å². The summed E-state index contributed by atoms with van der Waals surface area (Å²) in [6.45, 7) is 3.72. The molecule has 0 fully saturated rings. The fourth-order valence-corrected chi connectivity index (χ4v) is 1.82. The van der Waals surface area contributed by atoms with Gasteiger partial charge in [-0.2, -0.15) is 0 Å². The van der Waals surface area contributed by atoms with E-state index in [4.69, 9.17) is 0 Å². The predicted octanol–water partition coefficient (Wildman–Crippen LogP) is 2.51. The Kier molecular flexibility index (Phi) is 2.64. The van der Waals surface area contributed by atoms with E-state index in [-0.39, 0.29) is 5.82 Å². The Bertz CT molecular complexity index is 369. The lowest BCUT2D eigenvalue weighted by Crippen LogP contribution is -2.20. The van der Waals surface area contributed by atoms with Crippen molar-refractivity contribution >= 4 is 5.57 Å². The third kappa shape index (κ3) is 1.70. The van der Waals surface area contributed by atoms with Crippen LogP contribution < -0.4 is 5.32 Å². The molecule has 1 heterocycles. The van der Waals surface area contributed by atoms with Crippen molar-refractivity contribution < 1.29 is 4.39 Å². The maximum Gasteiger partial charge on any atom is 0.126 e. The SMILES string of the molecule is Cc1c(F)cccc1C1=CCNCC1. The van der Waals surface area contributed by atoms with E-state index in [0.717, 1.165) is 30.6 Å². The van der Waals surface area contributed by atoms with Crippen LogP contribution in [0.5, 0.6) is 0 Å². The van der Waals surface area contributed by atoms with Crippen molar-refractivity contribution in [1.82, 2.24) is 5.32 Å². The molecule has 0 saturated carbocycles. The largest absolute Gasteiger partial charge is 0.313 e. The van der Waals surface area contributed by atoms with Crippen molar-refractivity contribution in [3.05, 3.63) is 41.2 Å². The Balaban J connectivity index is 2.40. The van der Waals surface area contributed by atoms with E-state index in [1.54, 1.807) is 6.07 Å². The second kappa shape index (κ2) is 3.93. The molecular formula is C12H14FN. The van der Waals surface area contributed by atoms with Gasteiger partial charge in [0.2, 0.25) is 0 Å². The second-order valence-corrected chi connectivity index (χ2v) is 3.60. The molecule has 0 unspecified atom stereocenters. The van der Waals surface area contributed by atoms with E-state index in [9.17, 15) is 4.39 Å². The maximum absolute atomic E-state index is 13.3.